The first-order valence-electron chi connectivity index (χ1n) is 9.03. The van der Waals surface area contributed by atoms with Crippen molar-refractivity contribution >= 4 is 20.9 Å². The number of fused-ring (bicyclic) bond motifs is 1. The van der Waals surface area contributed by atoms with Crippen molar-refractivity contribution < 1.29 is 8.42 Å². The fourth-order valence-electron chi connectivity index (χ4n) is 3.25. The monoisotopic (exact) mass is 371 g/mol. The molecule has 1 aromatic carbocycles. The fraction of sp³-hybridized carbons (Fsp3) is 0.400. The van der Waals surface area contributed by atoms with Gasteiger partial charge < -0.3 is 4.57 Å². The Kier molecular flexibility index (Phi) is 5.41. The highest BCUT2D eigenvalue weighted by molar-refractivity contribution is 7.91. The minimum Gasteiger partial charge on any atom is -0.328 e. The third-order valence-corrected chi connectivity index (χ3v) is 6.63. The molecule has 3 rings (SSSR count). The van der Waals surface area contributed by atoms with E-state index >= 15 is 0 Å². The van der Waals surface area contributed by atoms with Gasteiger partial charge in [0.05, 0.1) is 22.4 Å². The third kappa shape index (κ3) is 3.65. The Morgan fingerprint density at radius 2 is 1.81 bits per heavy atom. The summed E-state index contributed by atoms with van der Waals surface area (Å²) >= 11 is 0. The maximum absolute atomic E-state index is 12.4. The number of rotatable bonds is 7. The summed E-state index contributed by atoms with van der Waals surface area (Å²) in [6.07, 6.45) is 4.09. The number of aromatic nitrogens is 3. The van der Waals surface area contributed by atoms with Gasteiger partial charge in [-0.05, 0) is 44.4 Å². The number of sulfone groups is 1. The van der Waals surface area contributed by atoms with Gasteiger partial charge in [0.25, 0.3) is 0 Å². The summed E-state index contributed by atoms with van der Waals surface area (Å²) < 4.78 is 27.0. The van der Waals surface area contributed by atoms with E-state index < -0.39 is 9.84 Å². The highest BCUT2D eigenvalue weighted by Crippen LogP contribution is 2.22. The maximum atomic E-state index is 12.4. The Hall–Kier alpha value is -2.21. The lowest BCUT2D eigenvalue weighted by Crippen LogP contribution is -2.09. The smallest absolute Gasteiger partial charge is 0.178 e. The second-order valence-electron chi connectivity index (χ2n) is 6.57. The minimum atomic E-state index is -3.21. The first-order valence-corrected chi connectivity index (χ1v) is 10.7. The lowest BCUT2D eigenvalue weighted by molar-refractivity contribution is 0.581. The van der Waals surface area contributed by atoms with E-state index in [2.05, 4.69) is 23.4 Å². The lowest BCUT2D eigenvalue weighted by atomic mass is 10.2. The fourth-order valence-corrected chi connectivity index (χ4v) is 4.64. The van der Waals surface area contributed by atoms with Crippen molar-refractivity contribution in [3.63, 3.8) is 0 Å². The van der Waals surface area contributed by atoms with Gasteiger partial charge >= 0.3 is 0 Å². The van der Waals surface area contributed by atoms with Gasteiger partial charge in [0.15, 0.2) is 9.84 Å². The van der Waals surface area contributed by atoms with Crippen LogP contribution in [0.1, 0.15) is 36.8 Å². The molecule has 0 aliphatic carbocycles. The van der Waals surface area contributed by atoms with Crippen molar-refractivity contribution in [3.8, 4) is 0 Å². The van der Waals surface area contributed by atoms with Gasteiger partial charge in [-0.25, -0.2) is 13.4 Å². The van der Waals surface area contributed by atoms with Gasteiger partial charge in [-0.2, -0.15) is 0 Å². The first kappa shape index (κ1) is 18.6. The van der Waals surface area contributed by atoms with E-state index in [1.165, 1.54) is 0 Å². The summed E-state index contributed by atoms with van der Waals surface area (Å²) in [5.74, 6) is 1.20. The first-order chi connectivity index (χ1) is 12.4. The van der Waals surface area contributed by atoms with Crippen LogP contribution in [0.25, 0.3) is 11.0 Å². The number of aryl methyl sites for hydroxylation is 4. The Morgan fingerprint density at radius 1 is 1.08 bits per heavy atom. The summed E-state index contributed by atoms with van der Waals surface area (Å²) in [7, 11) is -3.21. The zero-order valence-electron chi connectivity index (χ0n) is 15.6. The van der Waals surface area contributed by atoms with E-state index in [9.17, 15) is 8.42 Å². The van der Waals surface area contributed by atoms with Gasteiger partial charge in [-0.3, -0.25) is 4.98 Å². The molecule has 5 nitrogen and oxygen atoms in total. The molecule has 0 atom stereocenters. The normalized spacial score (nSPS) is 12.0. The average Bonchev–Trinajstić information content (AvgIpc) is 3.01. The number of unbranched alkanes of at least 4 members (excludes halogenated alkanes) is 1. The van der Waals surface area contributed by atoms with Crippen LogP contribution in [0.3, 0.4) is 0 Å². The number of pyridine rings is 1. The molecule has 0 fully saturated rings. The van der Waals surface area contributed by atoms with E-state index in [1.54, 1.807) is 24.3 Å². The molecule has 26 heavy (non-hydrogen) atoms. The highest BCUT2D eigenvalue weighted by Gasteiger charge is 2.15. The molecule has 2 heterocycles. The Labute approximate surface area is 155 Å². The molecule has 138 valence electrons. The van der Waals surface area contributed by atoms with Crippen LogP contribution < -0.4 is 0 Å². The molecule has 3 aromatic rings. The number of nitrogens with zero attached hydrogens (tertiary/aromatic N) is 3. The zero-order chi connectivity index (χ0) is 18.7. The third-order valence-electron chi connectivity index (χ3n) is 4.82. The molecule has 0 aliphatic rings. The molecule has 6 heteroatoms. The van der Waals surface area contributed by atoms with Crippen molar-refractivity contribution in [2.75, 3.05) is 5.75 Å². The largest absolute Gasteiger partial charge is 0.328 e. The van der Waals surface area contributed by atoms with Crippen LogP contribution in [-0.2, 0) is 22.8 Å². The van der Waals surface area contributed by atoms with E-state index in [-0.39, 0.29) is 5.75 Å². The van der Waals surface area contributed by atoms with Gasteiger partial charge in [0, 0.05) is 18.7 Å². The van der Waals surface area contributed by atoms with Crippen molar-refractivity contribution in [1.82, 2.24) is 14.5 Å². The molecular weight excluding hydrogens is 346 g/mol. The van der Waals surface area contributed by atoms with Crippen molar-refractivity contribution in [1.29, 1.82) is 0 Å². The topological polar surface area (TPSA) is 64.8 Å². The molecule has 0 bridgehead atoms. The number of hydrogen-bond acceptors (Lipinski definition) is 4. The summed E-state index contributed by atoms with van der Waals surface area (Å²) in [4.78, 5) is 9.50. The van der Waals surface area contributed by atoms with E-state index in [4.69, 9.17) is 4.98 Å². The van der Waals surface area contributed by atoms with E-state index in [0.717, 1.165) is 47.5 Å². The van der Waals surface area contributed by atoms with Crippen LogP contribution in [0.5, 0.6) is 0 Å². The van der Waals surface area contributed by atoms with Crippen LogP contribution in [0.15, 0.2) is 41.4 Å². The second kappa shape index (κ2) is 7.58. The van der Waals surface area contributed by atoms with E-state index in [0.29, 0.717) is 11.3 Å². The molecule has 0 spiro atoms. The van der Waals surface area contributed by atoms with Crippen LogP contribution >= 0.6 is 0 Å². The van der Waals surface area contributed by atoms with Crippen molar-refractivity contribution in [2.45, 2.75) is 51.5 Å². The Morgan fingerprint density at radius 3 is 2.50 bits per heavy atom. The van der Waals surface area contributed by atoms with E-state index in [1.807, 2.05) is 19.2 Å². The summed E-state index contributed by atoms with van der Waals surface area (Å²) in [6, 6.07) is 8.67. The molecule has 0 amide bonds. The predicted molar refractivity (Wildman–Crippen MR) is 104 cm³/mol. The van der Waals surface area contributed by atoms with Crippen LogP contribution in [0.2, 0.25) is 0 Å². The molecule has 2 aromatic heterocycles. The van der Waals surface area contributed by atoms with Crippen LogP contribution in [-0.4, -0.2) is 28.7 Å². The minimum absolute atomic E-state index is 0.171. The number of imidazole rings is 1. The molecule has 0 saturated carbocycles. The Balaban J connectivity index is 1.73. The molecule has 0 unspecified atom stereocenters. The van der Waals surface area contributed by atoms with Gasteiger partial charge in [-0.1, -0.05) is 25.1 Å². The summed E-state index contributed by atoms with van der Waals surface area (Å²) in [5.41, 5.74) is 4.20. The van der Waals surface area contributed by atoms with Crippen molar-refractivity contribution in [2.24, 2.45) is 0 Å². The van der Waals surface area contributed by atoms with Gasteiger partial charge in [-0.15, -0.1) is 0 Å². The summed E-state index contributed by atoms with van der Waals surface area (Å²) in [6.45, 7) is 6.94. The standard InChI is InChI=1S/C20H25N3O2S/c1-4-19-22-18-14-21-16(3)15(2)20(18)23(19)12-8-9-13-26(24,25)17-10-6-5-7-11-17/h5-7,10-11,14H,4,8-9,12-13H2,1-3H3. The second-order valence-corrected chi connectivity index (χ2v) is 8.68. The zero-order valence-corrected chi connectivity index (χ0v) is 16.4. The van der Waals surface area contributed by atoms with Gasteiger partial charge in [0.1, 0.15) is 11.3 Å². The average molecular weight is 372 g/mol. The molecule has 0 N–H and O–H groups in total. The predicted octanol–water partition coefficient (Wildman–Crippen LogP) is 3.86. The van der Waals surface area contributed by atoms with Crippen molar-refractivity contribution in [3.05, 3.63) is 53.6 Å². The highest BCUT2D eigenvalue weighted by atomic mass is 32.2. The Bertz CT molecular complexity index is 1010. The molecule has 0 aliphatic heterocycles. The maximum Gasteiger partial charge on any atom is 0.178 e. The van der Waals surface area contributed by atoms with Gasteiger partial charge in [0.2, 0.25) is 0 Å². The van der Waals surface area contributed by atoms with Crippen LogP contribution in [0, 0.1) is 13.8 Å². The SMILES string of the molecule is CCc1nc2cnc(C)c(C)c2n1CCCCS(=O)(=O)c1ccccc1. The number of benzene rings is 1. The molecule has 0 radical (unpaired) electrons. The lowest BCUT2D eigenvalue weighted by Gasteiger charge is -2.11. The van der Waals surface area contributed by atoms with Crippen LogP contribution in [0.4, 0.5) is 0 Å². The molecular formula is C20H25N3O2S. The summed E-state index contributed by atoms with van der Waals surface area (Å²) in [5, 5.41) is 0. The molecule has 0 saturated heterocycles. The quantitative estimate of drug-likeness (QED) is 0.592. The number of hydrogen-bond donors (Lipinski definition) is 0.